The smallest absolute Gasteiger partial charge is 0.258 e. The molecule has 0 radical (unpaired) electrons. The van der Waals surface area contributed by atoms with Gasteiger partial charge in [-0.05, 0) is 38.1 Å². The molecule has 0 saturated carbocycles. The summed E-state index contributed by atoms with van der Waals surface area (Å²) in [6.07, 6.45) is 2.13. The van der Waals surface area contributed by atoms with E-state index in [0.29, 0.717) is 0 Å². The first-order valence-corrected chi connectivity index (χ1v) is 7.42. The second-order valence-electron chi connectivity index (χ2n) is 4.98. The fourth-order valence-electron chi connectivity index (χ4n) is 2.80. The van der Waals surface area contributed by atoms with Crippen LogP contribution in [-0.2, 0) is 0 Å². The Morgan fingerprint density at radius 1 is 1.53 bits per heavy atom. The number of hydrogen-bond acceptors (Lipinski definition) is 3. The highest BCUT2D eigenvalue weighted by Gasteiger charge is 2.33. The number of carbonyl (C=O) groups is 1. The molecule has 0 spiro atoms. The molecule has 19 heavy (non-hydrogen) atoms. The number of likely N-dealkylation sites (tertiary alicyclic amines) is 1. The second-order valence-corrected chi connectivity index (χ2v) is 5.96. The van der Waals surface area contributed by atoms with E-state index in [2.05, 4.69) is 27.7 Å². The quantitative estimate of drug-likeness (QED) is 0.915. The van der Waals surface area contributed by atoms with E-state index in [1.165, 1.54) is 4.88 Å². The molecular formula is C14H17N3OS. The summed E-state index contributed by atoms with van der Waals surface area (Å²) in [5.74, 6) is 0.111. The predicted octanol–water partition coefficient (Wildman–Crippen LogP) is 3.07. The highest BCUT2D eigenvalue weighted by Crippen LogP contribution is 2.35. The zero-order valence-corrected chi connectivity index (χ0v) is 12.0. The van der Waals surface area contributed by atoms with Crippen molar-refractivity contribution in [1.29, 1.82) is 0 Å². The lowest BCUT2D eigenvalue weighted by atomic mass is 10.1. The molecule has 1 amide bonds. The Balaban J connectivity index is 1.91. The molecule has 1 saturated heterocycles. The molecule has 1 aliphatic rings. The highest BCUT2D eigenvalue weighted by molar-refractivity contribution is 7.10. The van der Waals surface area contributed by atoms with E-state index in [-0.39, 0.29) is 11.9 Å². The molecule has 1 aliphatic heterocycles. The lowest BCUT2D eigenvalue weighted by Gasteiger charge is -2.24. The molecule has 1 fully saturated rings. The average Bonchev–Trinajstić information content (AvgIpc) is 3.08. The van der Waals surface area contributed by atoms with Gasteiger partial charge in [-0.2, -0.15) is 5.10 Å². The van der Waals surface area contributed by atoms with Crippen molar-refractivity contribution in [1.82, 2.24) is 15.1 Å². The topological polar surface area (TPSA) is 49.0 Å². The summed E-state index contributed by atoms with van der Waals surface area (Å²) in [5, 5.41) is 9.10. The maximum atomic E-state index is 12.7. The first-order chi connectivity index (χ1) is 9.18. The molecule has 2 aromatic heterocycles. The molecule has 1 unspecified atom stereocenters. The summed E-state index contributed by atoms with van der Waals surface area (Å²) >= 11 is 1.73. The van der Waals surface area contributed by atoms with E-state index in [1.54, 1.807) is 11.3 Å². The number of thiophene rings is 1. The van der Waals surface area contributed by atoms with Crippen molar-refractivity contribution in [3.63, 3.8) is 0 Å². The van der Waals surface area contributed by atoms with Crippen LogP contribution in [-0.4, -0.2) is 27.5 Å². The number of nitrogens with one attached hydrogen (secondary N) is 1. The number of aromatic amines is 1. The number of amides is 1. The van der Waals surface area contributed by atoms with E-state index in [1.807, 2.05) is 18.7 Å². The Morgan fingerprint density at radius 2 is 2.37 bits per heavy atom. The highest BCUT2D eigenvalue weighted by atomic mass is 32.1. The summed E-state index contributed by atoms with van der Waals surface area (Å²) in [7, 11) is 0. The monoisotopic (exact) mass is 275 g/mol. The summed E-state index contributed by atoms with van der Waals surface area (Å²) < 4.78 is 0. The number of hydrogen-bond donors (Lipinski definition) is 1. The van der Waals surface area contributed by atoms with Gasteiger partial charge in [0.05, 0.1) is 17.3 Å². The molecule has 3 heterocycles. The predicted molar refractivity (Wildman–Crippen MR) is 75.4 cm³/mol. The maximum Gasteiger partial charge on any atom is 0.258 e. The number of nitrogens with zero attached hydrogens (tertiary/aromatic N) is 2. The minimum absolute atomic E-state index is 0.111. The molecule has 1 atom stereocenters. The van der Waals surface area contributed by atoms with Gasteiger partial charge in [0.1, 0.15) is 0 Å². The lowest BCUT2D eigenvalue weighted by Crippen LogP contribution is -2.30. The van der Waals surface area contributed by atoms with Gasteiger partial charge in [-0.15, -0.1) is 11.3 Å². The van der Waals surface area contributed by atoms with Crippen LogP contribution in [0.3, 0.4) is 0 Å². The molecule has 0 bridgehead atoms. The Kier molecular flexibility index (Phi) is 3.14. The molecule has 5 heteroatoms. The normalized spacial score (nSPS) is 19.1. The Labute approximate surface area is 116 Å². The van der Waals surface area contributed by atoms with Gasteiger partial charge in [-0.1, -0.05) is 6.07 Å². The van der Waals surface area contributed by atoms with Crippen molar-refractivity contribution < 1.29 is 4.79 Å². The molecule has 1 N–H and O–H groups in total. The van der Waals surface area contributed by atoms with Crippen molar-refractivity contribution in [3.05, 3.63) is 39.3 Å². The number of rotatable bonds is 2. The van der Waals surface area contributed by atoms with Gasteiger partial charge in [0.2, 0.25) is 0 Å². The lowest BCUT2D eigenvalue weighted by molar-refractivity contribution is 0.0736. The van der Waals surface area contributed by atoms with Crippen LogP contribution in [0.1, 0.15) is 45.5 Å². The van der Waals surface area contributed by atoms with Gasteiger partial charge in [-0.3, -0.25) is 9.89 Å². The van der Waals surface area contributed by atoms with Crippen LogP contribution in [0.25, 0.3) is 0 Å². The molecule has 4 nitrogen and oxygen atoms in total. The van der Waals surface area contributed by atoms with Gasteiger partial charge < -0.3 is 4.90 Å². The number of aryl methyl sites for hydroxylation is 2. The van der Waals surface area contributed by atoms with E-state index in [9.17, 15) is 4.79 Å². The number of carbonyl (C=O) groups excluding carboxylic acids is 1. The zero-order chi connectivity index (χ0) is 13.4. The third-order valence-corrected chi connectivity index (χ3v) is 4.70. The SMILES string of the molecule is Cc1n[nH]c(C)c1C(=O)N1CCCC1c1cccs1. The van der Waals surface area contributed by atoms with Crippen LogP contribution in [0, 0.1) is 13.8 Å². The van der Waals surface area contributed by atoms with Crippen LogP contribution in [0.4, 0.5) is 0 Å². The van der Waals surface area contributed by atoms with E-state index >= 15 is 0 Å². The number of H-pyrrole nitrogens is 1. The fraction of sp³-hybridized carbons (Fsp3) is 0.429. The molecule has 0 aliphatic carbocycles. The summed E-state index contributed by atoms with van der Waals surface area (Å²) in [5.41, 5.74) is 2.39. The summed E-state index contributed by atoms with van der Waals surface area (Å²) in [4.78, 5) is 16.0. The first-order valence-electron chi connectivity index (χ1n) is 6.54. The third kappa shape index (κ3) is 2.08. The minimum Gasteiger partial charge on any atom is -0.331 e. The van der Waals surface area contributed by atoms with E-state index in [0.717, 1.165) is 36.3 Å². The molecule has 0 aromatic carbocycles. The van der Waals surface area contributed by atoms with Crippen molar-refractivity contribution in [2.45, 2.75) is 32.7 Å². The van der Waals surface area contributed by atoms with Gasteiger partial charge in [0.25, 0.3) is 5.91 Å². The largest absolute Gasteiger partial charge is 0.331 e. The van der Waals surface area contributed by atoms with Crippen LogP contribution in [0.15, 0.2) is 17.5 Å². The molecule has 100 valence electrons. The second kappa shape index (κ2) is 4.81. The van der Waals surface area contributed by atoms with E-state index in [4.69, 9.17) is 0 Å². The van der Waals surface area contributed by atoms with Gasteiger partial charge >= 0.3 is 0 Å². The Morgan fingerprint density at radius 3 is 3.00 bits per heavy atom. The third-order valence-electron chi connectivity index (χ3n) is 3.73. The van der Waals surface area contributed by atoms with Crippen molar-refractivity contribution in [3.8, 4) is 0 Å². The van der Waals surface area contributed by atoms with Gasteiger partial charge in [0, 0.05) is 17.1 Å². The Hall–Kier alpha value is -1.62. The van der Waals surface area contributed by atoms with Crippen LogP contribution in [0.5, 0.6) is 0 Å². The van der Waals surface area contributed by atoms with Crippen molar-refractivity contribution in [2.75, 3.05) is 6.54 Å². The standard InChI is InChI=1S/C14H17N3OS/c1-9-13(10(2)16-15-9)14(18)17-7-3-5-11(17)12-6-4-8-19-12/h4,6,8,11H,3,5,7H2,1-2H3,(H,15,16). The van der Waals surface area contributed by atoms with Crippen LogP contribution < -0.4 is 0 Å². The molecular weight excluding hydrogens is 258 g/mol. The molecule has 3 rings (SSSR count). The van der Waals surface area contributed by atoms with Crippen molar-refractivity contribution in [2.24, 2.45) is 0 Å². The maximum absolute atomic E-state index is 12.7. The van der Waals surface area contributed by atoms with Gasteiger partial charge in [0.15, 0.2) is 0 Å². The fourth-order valence-corrected chi connectivity index (χ4v) is 3.67. The minimum atomic E-state index is 0.111. The van der Waals surface area contributed by atoms with Crippen LogP contribution in [0.2, 0.25) is 0 Å². The summed E-state index contributed by atoms with van der Waals surface area (Å²) in [6.45, 7) is 4.63. The number of aromatic nitrogens is 2. The van der Waals surface area contributed by atoms with Crippen molar-refractivity contribution >= 4 is 17.2 Å². The first kappa shape index (κ1) is 12.4. The van der Waals surface area contributed by atoms with E-state index < -0.39 is 0 Å². The zero-order valence-electron chi connectivity index (χ0n) is 11.1. The van der Waals surface area contributed by atoms with Crippen LogP contribution >= 0.6 is 11.3 Å². The average molecular weight is 275 g/mol. The Bertz CT molecular complexity index is 568. The summed E-state index contributed by atoms with van der Waals surface area (Å²) in [6, 6.07) is 4.41. The van der Waals surface area contributed by atoms with Gasteiger partial charge in [-0.25, -0.2) is 0 Å². The molecule has 2 aromatic rings.